The van der Waals surface area contributed by atoms with Gasteiger partial charge >= 0.3 is 0 Å². The lowest BCUT2D eigenvalue weighted by Crippen LogP contribution is -2.25. The maximum Gasteiger partial charge on any atom is 0.125 e. The van der Waals surface area contributed by atoms with Crippen LogP contribution in [0.15, 0.2) is 18.2 Å². The van der Waals surface area contributed by atoms with E-state index in [9.17, 15) is 4.21 Å². The van der Waals surface area contributed by atoms with E-state index in [1.807, 2.05) is 12.1 Å². The summed E-state index contributed by atoms with van der Waals surface area (Å²) in [5.74, 6) is 1.24. The predicted molar refractivity (Wildman–Crippen MR) is 73.1 cm³/mol. The van der Waals surface area contributed by atoms with Crippen molar-refractivity contribution in [2.75, 3.05) is 26.1 Å². The van der Waals surface area contributed by atoms with Crippen LogP contribution in [-0.2, 0) is 21.3 Å². The maximum atomic E-state index is 12.3. The number of benzene rings is 1. The van der Waals surface area contributed by atoms with Crippen molar-refractivity contribution in [3.8, 4) is 5.75 Å². The fraction of sp³-hybridized carbons (Fsp3) is 0.538. The Hall–Kier alpha value is -1.07. The normalized spacial score (nSPS) is 18.5. The van der Waals surface area contributed by atoms with E-state index in [1.54, 1.807) is 13.2 Å². The number of methoxy groups -OCH3 is 1. The summed E-state index contributed by atoms with van der Waals surface area (Å²) in [6.07, 6.45) is 1.76. The summed E-state index contributed by atoms with van der Waals surface area (Å²) in [6.45, 7) is 1.44. The van der Waals surface area contributed by atoms with E-state index < -0.39 is 10.8 Å². The Morgan fingerprint density at radius 1 is 1.44 bits per heavy atom. The number of nitrogen functional groups attached to an aromatic ring is 1. The number of nitrogens with two attached hydrogens (primary N) is 1. The molecule has 1 aliphatic heterocycles. The highest BCUT2D eigenvalue weighted by Gasteiger charge is 2.21. The van der Waals surface area contributed by atoms with Crippen LogP contribution < -0.4 is 10.5 Å². The van der Waals surface area contributed by atoms with Crippen molar-refractivity contribution < 1.29 is 13.7 Å². The summed E-state index contributed by atoms with van der Waals surface area (Å²) in [5.41, 5.74) is 7.32. The van der Waals surface area contributed by atoms with Crippen molar-refractivity contribution in [1.82, 2.24) is 0 Å². The average molecular weight is 269 g/mol. The quantitative estimate of drug-likeness (QED) is 0.845. The van der Waals surface area contributed by atoms with Gasteiger partial charge in [0.1, 0.15) is 5.75 Å². The first-order valence-corrected chi connectivity index (χ1v) is 7.46. The fourth-order valence-corrected chi connectivity index (χ4v) is 3.59. The molecule has 0 aromatic heterocycles. The summed E-state index contributed by atoms with van der Waals surface area (Å²) in [5, 5.41) is 0.237. The highest BCUT2D eigenvalue weighted by molar-refractivity contribution is 7.84. The van der Waals surface area contributed by atoms with Gasteiger partial charge < -0.3 is 15.2 Å². The largest absolute Gasteiger partial charge is 0.496 e. The Balaban J connectivity index is 2.06. The Kier molecular flexibility index (Phi) is 4.60. The van der Waals surface area contributed by atoms with E-state index >= 15 is 0 Å². The van der Waals surface area contributed by atoms with Crippen LogP contribution in [0.2, 0.25) is 0 Å². The molecule has 4 nitrogen and oxygen atoms in total. The predicted octanol–water partition coefficient (Wildman–Crippen LogP) is 1.71. The zero-order valence-corrected chi connectivity index (χ0v) is 11.4. The molecule has 1 fully saturated rings. The molecular weight excluding hydrogens is 250 g/mol. The van der Waals surface area contributed by atoms with Crippen LogP contribution in [0.5, 0.6) is 5.75 Å². The molecule has 0 saturated carbocycles. The van der Waals surface area contributed by atoms with Crippen molar-refractivity contribution in [2.45, 2.75) is 23.8 Å². The number of ether oxygens (including phenoxy) is 2. The minimum Gasteiger partial charge on any atom is -0.496 e. The monoisotopic (exact) mass is 269 g/mol. The highest BCUT2D eigenvalue weighted by Crippen LogP contribution is 2.25. The molecule has 0 aliphatic carbocycles. The third-order valence-electron chi connectivity index (χ3n) is 3.15. The molecule has 1 atom stereocenters. The van der Waals surface area contributed by atoms with Crippen molar-refractivity contribution >= 4 is 16.5 Å². The van der Waals surface area contributed by atoms with E-state index in [2.05, 4.69) is 0 Å². The van der Waals surface area contributed by atoms with Crippen molar-refractivity contribution in [3.05, 3.63) is 23.8 Å². The molecule has 1 saturated heterocycles. The first-order chi connectivity index (χ1) is 8.70. The van der Waals surface area contributed by atoms with Gasteiger partial charge in [0.2, 0.25) is 0 Å². The summed E-state index contributed by atoms with van der Waals surface area (Å²) in [7, 11) is 0.730. The van der Waals surface area contributed by atoms with Crippen molar-refractivity contribution in [1.29, 1.82) is 0 Å². The second kappa shape index (κ2) is 6.20. The molecular formula is C13H19NO3S. The minimum atomic E-state index is -0.877. The molecule has 2 rings (SSSR count). The molecule has 2 N–H and O–H groups in total. The Morgan fingerprint density at radius 3 is 2.83 bits per heavy atom. The molecule has 0 amide bonds. The molecule has 1 heterocycles. The van der Waals surface area contributed by atoms with Gasteiger partial charge in [-0.3, -0.25) is 4.21 Å². The molecule has 0 bridgehead atoms. The molecule has 0 spiro atoms. The molecule has 18 heavy (non-hydrogen) atoms. The summed E-state index contributed by atoms with van der Waals surface area (Å²) in [6, 6.07) is 5.49. The van der Waals surface area contributed by atoms with Gasteiger partial charge in [-0.15, -0.1) is 0 Å². The number of anilines is 1. The second-order valence-corrected chi connectivity index (χ2v) is 6.12. The fourth-order valence-electron chi connectivity index (χ4n) is 2.09. The van der Waals surface area contributed by atoms with Crippen LogP contribution in [0, 0.1) is 0 Å². The second-order valence-electron chi connectivity index (χ2n) is 4.41. The lowest BCUT2D eigenvalue weighted by molar-refractivity contribution is 0.0992. The van der Waals surface area contributed by atoms with Crippen LogP contribution in [0.1, 0.15) is 18.4 Å². The van der Waals surface area contributed by atoms with E-state index in [-0.39, 0.29) is 5.25 Å². The minimum absolute atomic E-state index is 0.237. The van der Waals surface area contributed by atoms with E-state index in [1.165, 1.54) is 0 Å². The van der Waals surface area contributed by atoms with E-state index in [0.717, 1.165) is 37.4 Å². The lowest BCUT2D eigenvalue weighted by Gasteiger charge is -2.21. The average Bonchev–Trinajstić information content (AvgIpc) is 2.41. The summed E-state index contributed by atoms with van der Waals surface area (Å²) in [4.78, 5) is 0. The summed E-state index contributed by atoms with van der Waals surface area (Å²) < 4.78 is 22.8. The molecule has 100 valence electrons. The maximum absolute atomic E-state index is 12.3. The molecule has 0 radical (unpaired) electrons. The third-order valence-corrected chi connectivity index (χ3v) is 4.96. The molecule has 1 aliphatic rings. The van der Waals surface area contributed by atoms with Gasteiger partial charge in [-0.25, -0.2) is 0 Å². The Labute approximate surface area is 110 Å². The van der Waals surface area contributed by atoms with Gasteiger partial charge in [-0.1, -0.05) is 6.07 Å². The smallest absolute Gasteiger partial charge is 0.125 e. The number of hydrogen-bond donors (Lipinski definition) is 1. The van der Waals surface area contributed by atoms with Crippen LogP contribution in [0.3, 0.4) is 0 Å². The van der Waals surface area contributed by atoms with Crippen molar-refractivity contribution in [3.63, 3.8) is 0 Å². The van der Waals surface area contributed by atoms with Gasteiger partial charge in [0.25, 0.3) is 0 Å². The third kappa shape index (κ3) is 3.23. The highest BCUT2D eigenvalue weighted by atomic mass is 32.2. The zero-order chi connectivity index (χ0) is 13.0. The lowest BCUT2D eigenvalue weighted by atomic mass is 10.2. The van der Waals surface area contributed by atoms with Crippen molar-refractivity contribution in [2.24, 2.45) is 0 Å². The summed E-state index contributed by atoms with van der Waals surface area (Å²) >= 11 is 0. The van der Waals surface area contributed by atoms with Crippen LogP contribution in [0.4, 0.5) is 5.69 Å². The number of rotatable bonds is 4. The van der Waals surface area contributed by atoms with Gasteiger partial charge in [-0.05, 0) is 18.9 Å². The SMILES string of the molecule is COc1cc(N)ccc1CS(=O)C1CCOCC1. The Bertz CT molecular complexity index is 430. The first kappa shape index (κ1) is 13.4. The van der Waals surface area contributed by atoms with Gasteiger partial charge in [-0.2, -0.15) is 0 Å². The molecule has 1 aromatic carbocycles. The molecule has 1 aromatic rings. The molecule has 5 heteroatoms. The van der Waals surface area contributed by atoms with Gasteiger partial charge in [0, 0.05) is 46.6 Å². The molecule has 1 unspecified atom stereocenters. The van der Waals surface area contributed by atoms with Gasteiger partial charge in [0.05, 0.1) is 12.9 Å². The van der Waals surface area contributed by atoms with Gasteiger partial charge in [0.15, 0.2) is 0 Å². The Morgan fingerprint density at radius 2 is 2.17 bits per heavy atom. The van der Waals surface area contributed by atoms with Crippen LogP contribution >= 0.6 is 0 Å². The zero-order valence-electron chi connectivity index (χ0n) is 10.6. The van der Waals surface area contributed by atoms with E-state index in [0.29, 0.717) is 11.4 Å². The van der Waals surface area contributed by atoms with Crippen LogP contribution in [-0.4, -0.2) is 29.8 Å². The topological polar surface area (TPSA) is 61.5 Å². The van der Waals surface area contributed by atoms with E-state index in [4.69, 9.17) is 15.2 Å². The standard InChI is InChI=1S/C13H19NO3S/c1-16-13-8-11(14)3-2-10(13)9-18(15)12-4-6-17-7-5-12/h2-3,8,12H,4-7,9,14H2,1H3. The number of hydrogen-bond acceptors (Lipinski definition) is 4. The first-order valence-electron chi connectivity index (χ1n) is 6.08. The van der Waals surface area contributed by atoms with Crippen LogP contribution in [0.25, 0.3) is 0 Å².